The van der Waals surface area contributed by atoms with Gasteiger partial charge in [-0.1, -0.05) is 12.1 Å². The lowest BCUT2D eigenvalue weighted by molar-refractivity contribution is 0.142. The van der Waals surface area contributed by atoms with E-state index in [1.54, 1.807) is 54.5 Å². The lowest BCUT2D eigenvalue weighted by Crippen LogP contribution is -2.53. The fourth-order valence-corrected chi connectivity index (χ4v) is 4.86. The van der Waals surface area contributed by atoms with Crippen molar-refractivity contribution in [2.75, 3.05) is 17.8 Å². The summed E-state index contributed by atoms with van der Waals surface area (Å²) in [5, 5.41) is 5.58. The summed E-state index contributed by atoms with van der Waals surface area (Å²) in [6.45, 7) is -0.337. The Balaban J connectivity index is 1.62. The summed E-state index contributed by atoms with van der Waals surface area (Å²) >= 11 is 0. The molecule has 2 aromatic carbocycles. The van der Waals surface area contributed by atoms with Gasteiger partial charge in [0, 0.05) is 54.4 Å². The van der Waals surface area contributed by atoms with Gasteiger partial charge in [0.25, 0.3) is 0 Å². The maximum absolute atomic E-state index is 13.3. The number of fused-ring (bicyclic) bond motifs is 2. The van der Waals surface area contributed by atoms with E-state index < -0.39 is 16.4 Å². The van der Waals surface area contributed by atoms with Gasteiger partial charge in [-0.3, -0.25) is 19.2 Å². The molecule has 0 atom stereocenters. The van der Waals surface area contributed by atoms with E-state index in [-0.39, 0.29) is 24.2 Å². The van der Waals surface area contributed by atoms with Crippen LogP contribution >= 0.6 is 0 Å². The number of rotatable bonds is 4. The Labute approximate surface area is 177 Å². The van der Waals surface area contributed by atoms with Gasteiger partial charge in [-0.15, -0.1) is 0 Å². The first-order valence-electron chi connectivity index (χ1n) is 9.58. The van der Waals surface area contributed by atoms with Gasteiger partial charge in [0.15, 0.2) is 5.43 Å². The molecule has 4 aromatic rings. The first-order chi connectivity index (χ1) is 14.8. The minimum atomic E-state index is -3.87. The first-order valence-corrected chi connectivity index (χ1v) is 11.0. The van der Waals surface area contributed by atoms with E-state index in [1.807, 2.05) is 6.20 Å². The SMILES string of the molecule is Cn1cc(-c2cnc3ccc4ccc(NS(=O)(=O)N5CC(F)C5)cc4c(=O)c3c2)cn1. The minimum absolute atomic E-state index is 0.169. The van der Waals surface area contributed by atoms with Crippen LogP contribution in [-0.4, -0.2) is 46.7 Å². The average Bonchev–Trinajstić information content (AvgIpc) is 3.10. The second-order valence-electron chi connectivity index (χ2n) is 7.55. The number of hydrogen-bond donors (Lipinski definition) is 1. The van der Waals surface area contributed by atoms with Crippen LogP contribution in [0.4, 0.5) is 10.1 Å². The molecular formula is C21H18FN5O3S. The second kappa shape index (κ2) is 7.10. The molecule has 1 N–H and O–H groups in total. The van der Waals surface area contributed by atoms with E-state index in [1.165, 1.54) is 6.07 Å². The Bertz CT molecular complexity index is 1500. The Morgan fingerprint density at radius 3 is 2.55 bits per heavy atom. The molecule has 0 saturated carbocycles. The molecule has 0 bridgehead atoms. The van der Waals surface area contributed by atoms with Gasteiger partial charge < -0.3 is 0 Å². The predicted molar refractivity (Wildman–Crippen MR) is 117 cm³/mol. The normalized spacial score (nSPS) is 15.3. The highest BCUT2D eigenvalue weighted by Gasteiger charge is 2.35. The molecule has 8 nitrogen and oxygen atoms in total. The zero-order chi connectivity index (χ0) is 21.8. The zero-order valence-corrected chi connectivity index (χ0v) is 17.3. The number of nitrogens with zero attached hydrogens (tertiary/aromatic N) is 4. The summed E-state index contributed by atoms with van der Waals surface area (Å²) in [4.78, 5) is 17.8. The molecule has 0 aliphatic carbocycles. The summed E-state index contributed by atoms with van der Waals surface area (Å²) < 4.78 is 42.9. The van der Waals surface area contributed by atoms with Crippen molar-refractivity contribution >= 4 is 37.6 Å². The Morgan fingerprint density at radius 1 is 1.06 bits per heavy atom. The Morgan fingerprint density at radius 2 is 1.84 bits per heavy atom. The van der Waals surface area contributed by atoms with Gasteiger partial charge in [0.2, 0.25) is 0 Å². The van der Waals surface area contributed by atoms with Crippen LogP contribution in [-0.2, 0) is 17.3 Å². The van der Waals surface area contributed by atoms with Crippen molar-refractivity contribution in [2.45, 2.75) is 6.17 Å². The lowest BCUT2D eigenvalue weighted by Gasteiger charge is -2.33. The fourth-order valence-electron chi connectivity index (χ4n) is 3.59. The highest BCUT2D eigenvalue weighted by Crippen LogP contribution is 2.24. The van der Waals surface area contributed by atoms with Crippen molar-refractivity contribution in [1.82, 2.24) is 19.1 Å². The number of alkyl halides is 1. The maximum atomic E-state index is 13.3. The van der Waals surface area contributed by atoms with Crippen LogP contribution in [0.2, 0.25) is 0 Å². The lowest BCUT2D eigenvalue weighted by atomic mass is 10.1. The third kappa shape index (κ3) is 3.53. The van der Waals surface area contributed by atoms with Crippen molar-refractivity contribution in [3.8, 4) is 11.1 Å². The molecule has 1 aliphatic rings. The van der Waals surface area contributed by atoms with Crippen LogP contribution in [0.15, 0.2) is 59.8 Å². The van der Waals surface area contributed by atoms with Crippen molar-refractivity contribution < 1.29 is 12.8 Å². The number of pyridine rings is 1. The van der Waals surface area contributed by atoms with E-state index in [2.05, 4.69) is 14.8 Å². The minimum Gasteiger partial charge on any atom is -0.289 e. The third-order valence-electron chi connectivity index (χ3n) is 5.31. The fraction of sp³-hybridized carbons (Fsp3) is 0.190. The van der Waals surface area contributed by atoms with E-state index in [0.717, 1.165) is 15.4 Å². The third-order valence-corrected chi connectivity index (χ3v) is 6.78. The number of aryl methyl sites for hydroxylation is 1. The molecule has 1 fully saturated rings. The van der Waals surface area contributed by atoms with E-state index in [9.17, 15) is 17.6 Å². The molecule has 158 valence electrons. The number of aromatic nitrogens is 3. The van der Waals surface area contributed by atoms with Crippen molar-refractivity contribution in [1.29, 1.82) is 0 Å². The average molecular weight is 439 g/mol. The topological polar surface area (TPSA) is 97.2 Å². The van der Waals surface area contributed by atoms with Crippen LogP contribution < -0.4 is 10.2 Å². The molecule has 10 heteroatoms. The molecular weight excluding hydrogens is 421 g/mol. The molecule has 31 heavy (non-hydrogen) atoms. The smallest absolute Gasteiger partial charge is 0.289 e. The quantitative estimate of drug-likeness (QED) is 0.527. The molecule has 5 rings (SSSR count). The number of benzene rings is 1. The summed E-state index contributed by atoms with van der Waals surface area (Å²) in [6, 6.07) is 10.0. The molecule has 0 unspecified atom stereocenters. The Hall–Kier alpha value is -3.37. The van der Waals surface area contributed by atoms with Gasteiger partial charge in [0.1, 0.15) is 6.17 Å². The van der Waals surface area contributed by atoms with Crippen molar-refractivity contribution in [3.05, 3.63) is 65.2 Å². The highest BCUT2D eigenvalue weighted by molar-refractivity contribution is 7.90. The first kappa shape index (κ1) is 19.6. The van der Waals surface area contributed by atoms with Crippen LogP contribution in [0, 0.1) is 0 Å². The maximum Gasteiger partial charge on any atom is 0.301 e. The molecule has 2 aromatic heterocycles. The summed E-state index contributed by atoms with van der Waals surface area (Å²) in [6.07, 6.45) is 4.07. The van der Waals surface area contributed by atoms with E-state index in [0.29, 0.717) is 21.7 Å². The largest absolute Gasteiger partial charge is 0.301 e. The number of halogens is 1. The van der Waals surface area contributed by atoms with Crippen LogP contribution in [0.5, 0.6) is 0 Å². The summed E-state index contributed by atoms with van der Waals surface area (Å²) in [5.41, 5.74) is 2.10. The zero-order valence-electron chi connectivity index (χ0n) is 16.5. The summed E-state index contributed by atoms with van der Waals surface area (Å²) in [7, 11) is -2.06. The molecule has 1 aliphatic heterocycles. The van der Waals surface area contributed by atoms with Gasteiger partial charge in [-0.05, 0) is 29.7 Å². The molecule has 0 radical (unpaired) electrons. The van der Waals surface area contributed by atoms with Gasteiger partial charge in [-0.25, -0.2) is 4.39 Å². The molecule has 0 spiro atoms. The Kier molecular flexibility index (Phi) is 4.49. The van der Waals surface area contributed by atoms with Crippen LogP contribution in [0.1, 0.15) is 0 Å². The predicted octanol–water partition coefficient (Wildman–Crippen LogP) is 2.46. The standard InChI is InChI=1S/C21H18FN5O3S/c1-26-10-15(9-24-26)14-6-19-20(23-8-14)5-3-13-2-4-17(7-18(13)21(19)28)25-31(29,30)27-11-16(22)12-27/h2-10,16,25H,11-12H2,1H3. The molecule has 1 saturated heterocycles. The van der Waals surface area contributed by atoms with Crippen LogP contribution in [0.3, 0.4) is 0 Å². The van der Waals surface area contributed by atoms with Crippen molar-refractivity contribution in [3.63, 3.8) is 0 Å². The number of nitrogens with one attached hydrogen (secondary N) is 1. The van der Waals surface area contributed by atoms with E-state index >= 15 is 0 Å². The van der Waals surface area contributed by atoms with Crippen LogP contribution in [0.25, 0.3) is 32.8 Å². The monoisotopic (exact) mass is 439 g/mol. The highest BCUT2D eigenvalue weighted by atomic mass is 32.2. The molecule has 0 amide bonds. The van der Waals surface area contributed by atoms with Crippen molar-refractivity contribution in [2.24, 2.45) is 7.05 Å². The van der Waals surface area contributed by atoms with Gasteiger partial charge in [-0.2, -0.15) is 17.8 Å². The summed E-state index contributed by atoms with van der Waals surface area (Å²) in [5.74, 6) is 0. The number of hydrogen-bond acceptors (Lipinski definition) is 5. The number of anilines is 1. The van der Waals surface area contributed by atoms with Gasteiger partial charge >= 0.3 is 10.2 Å². The molecule has 3 heterocycles. The van der Waals surface area contributed by atoms with Gasteiger partial charge in [0.05, 0.1) is 17.4 Å². The second-order valence-corrected chi connectivity index (χ2v) is 9.22. The van der Waals surface area contributed by atoms with E-state index in [4.69, 9.17) is 0 Å².